The second kappa shape index (κ2) is 10.2. The highest BCUT2D eigenvalue weighted by Gasteiger charge is 2.13. The number of primary amides is 1. The quantitative estimate of drug-likeness (QED) is 0.668. The van der Waals surface area contributed by atoms with Crippen LogP contribution >= 0.6 is 0 Å². The van der Waals surface area contributed by atoms with Gasteiger partial charge in [0.25, 0.3) is 0 Å². The number of carbonyl (C=O) groups is 1. The molecule has 1 fully saturated rings. The number of carbonyl (C=O) groups excluding carboxylic acids is 1. The van der Waals surface area contributed by atoms with Gasteiger partial charge in [0.05, 0.1) is 0 Å². The third-order valence-corrected chi connectivity index (χ3v) is 2.71. The summed E-state index contributed by atoms with van der Waals surface area (Å²) in [6.07, 6.45) is 5.17. The van der Waals surface area contributed by atoms with Crippen LogP contribution in [0.25, 0.3) is 0 Å². The molecule has 1 aliphatic rings. The number of nitrogens with two attached hydrogens (primary N) is 1. The van der Waals surface area contributed by atoms with Crippen LogP contribution in [0, 0.1) is 11.8 Å². The number of amides is 1. The minimum atomic E-state index is -0.725. The van der Waals surface area contributed by atoms with Gasteiger partial charge in [-0.3, -0.25) is 0 Å². The molecule has 2 N–H and O–H groups in total. The van der Waals surface area contributed by atoms with Gasteiger partial charge in [-0.25, -0.2) is 4.79 Å². The van der Waals surface area contributed by atoms with Crippen LogP contribution in [0.3, 0.4) is 0 Å². The first kappa shape index (κ1) is 19.6. The molecule has 0 unspecified atom stereocenters. The largest absolute Gasteiger partial charge is 0.444 e. The van der Waals surface area contributed by atoms with Crippen LogP contribution in [0.4, 0.5) is 4.79 Å². The average molecular weight is 261 g/mol. The van der Waals surface area contributed by atoms with E-state index >= 15 is 0 Å². The molecule has 1 aliphatic carbocycles. The molecule has 18 heavy (non-hydrogen) atoms. The van der Waals surface area contributed by atoms with Crippen LogP contribution in [0.5, 0.6) is 0 Å². The molecule has 0 saturated heterocycles. The van der Waals surface area contributed by atoms with Gasteiger partial charge in [-0.05, 0) is 32.6 Å². The van der Waals surface area contributed by atoms with Gasteiger partial charge < -0.3 is 10.5 Å². The molecule has 0 aliphatic heterocycles. The van der Waals surface area contributed by atoms with Gasteiger partial charge in [-0.2, -0.15) is 0 Å². The lowest BCUT2D eigenvalue weighted by atomic mass is 9.84. The zero-order valence-corrected chi connectivity index (χ0v) is 13.4. The van der Waals surface area contributed by atoms with Gasteiger partial charge in [0, 0.05) is 1.43 Å². The zero-order valence-electron chi connectivity index (χ0n) is 13.4. The maximum Gasteiger partial charge on any atom is 0.405 e. The van der Waals surface area contributed by atoms with Gasteiger partial charge in [0.2, 0.25) is 0 Å². The van der Waals surface area contributed by atoms with Crippen molar-refractivity contribution in [3.63, 3.8) is 0 Å². The van der Waals surface area contributed by atoms with Crippen LogP contribution in [-0.4, -0.2) is 11.7 Å². The molecular formula is C15H35NO2. The van der Waals surface area contributed by atoms with Crippen molar-refractivity contribution in [3.05, 3.63) is 0 Å². The topological polar surface area (TPSA) is 52.3 Å². The maximum absolute atomic E-state index is 10.0. The van der Waals surface area contributed by atoms with E-state index in [1.165, 1.54) is 25.7 Å². The van der Waals surface area contributed by atoms with Gasteiger partial charge >= 0.3 is 6.09 Å². The molecule has 0 bridgehead atoms. The maximum atomic E-state index is 10.0. The molecule has 3 heteroatoms. The minimum absolute atomic E-state index is 0. The number of ether oxygens (including phenoxy) is 1. The molecule has 0 aromatic heterocycles. The van der Waals surface area contributed by atoms with Crippen LogP contribution in [0.2, 0.25) is 0 Å². The summed E-state index contributed by atoms with van der Waals surface area (Å²) in [7, 11) is 0. The molecule has 0 heterocycles. The van der Waals surface area contributed by atoms with Crippen LogP contribution < -0.4 is 5.73 Å². The van der Waals surface area contributed by atoms with Gasteiger partial charge in [0.15, 0.2) is 0 Å². The molecule has 0 radical (unpaired) electrons. The second-order valence-electron chi connectivity index (χ2n) is 5.90. The Labute approximate surface area is 115 Å². The van der Waals surface area contributed by atoms with Crippen LogP contribution in [0.15, 0.2) is 0 Å². The first-order valence-electron chi connectivity index (χ1n) is 7.19. The van der Waals surface area contributed by atoms with Gasteiger partial charge in [-0.15, -0.1) is 0 Å². The third kappa shape index (κ3) is 15.3. The van der Waals surface area contributed by atoms with Crippen molar-refractivity contribution in [2.75, 3.05) is 0 Å². The van der Waals surface area contributed by atoms with Crippen molar-refractivity contribution in [1.82, 2.24) is 0 Å². The van der Waals surface area contributed by atoms with E-state index < -0.39 is 11.7 Å². The highest BCUT2D eigenvalue weighted by atomic mass is 16.6. The first-order chi connectivity index (χ1) is 8.20. The highest BCUT2D eigenvalue weighted by molar-refractivity contribution is 5.65. The van der Waals surface area contributed by atoms with E-state index in [2.05, 4.69) is 18.6 Å². The molecule has 0 spiro atoms. The fourth-order valence-electron chi connectivity index (χ4n) is 1.73. The normalized spacial score (nSPS) is 22.8. The summed E-state index contributed by atoms with van der Waals surface area (Å²) in [6, 6.07) is 0. The Morgan fingerprint density at radius 2 is 1.33 bits per heavy atom. The predicted octanol–water partition coefficient (Wildman–Crippen LogP) is 4.99. The molecule has 112 valence electrons. The van der Waals surface area contributed by atoms with Crippen molar-refractivity contribution >= 4 is 6.09 Å². The molecule has 1 saturated carbocycles. The van der Waals surface area contributed by atoms with Crippen LogP contribution in [-0.2, 0) is 4.74 Å². The molecule has 0 aromatic carbocycles. The summed E-state index contributed by atoms with van der Waals surface area (Å²) in [5.41, 5.74) is 4.26. The number of rotatable bonds is 0. The molecule has 1 rings (SSSR count). The fourth-order valence-corrected chi connectivity index (χ4v) is 1.73. The van der Waals surface area contributed by atoms with Gasteiger partial charge in [-0.1, -0.05) is 53.4 Å². The minimum Gasteiger partial charge on any atom is -0.444 e. The van der Waals surface area contributed by atoms with Crippen LogP contribution in [0.1, 0.15) is 75.6 Å². The van der Waals surface area contributed by atoms with Crippen molar-refractivity contribution in [3.8, 4) is 0 Å². The average Bonchev–Trinajstić information content (AvgIpc) is 2.23. The summed E-state index contributed by atoms with van der Waals surface area (Å²) < 4.78 is 4.58. The Hall–Kier alpha value is -0.730. The Kier molecular flexibility index (Phi) is 11.1. The van der Waals surface area contributed by atoms with Crippen molar-refractivity contribution in [2.24, 2.45) is 17.6 Å². The number of hydrogen-bond donors (Lipinski definition) is 1. The van der Waals surface area contributed by atoms with E-state index in [0.29, 0.717) is 0 Å². The smallest absolute Gasteiger partial charge is 0.405 e. The molecule has 3 nitrogen and oxygen atoms in total. The first-order valence-corrected chi connectivity index (χ1v) is 7.19. The summed E-state index contributed by atoms with van der Waals surface area (Å²) in [6.45, 7) is 14.0. The third-order valence-electron chi connectivity index (χ3n) is 2.71. The highest BCUT2D eigenvalue weighted by Crippen LogP contribution is 2.27. The van der Waals surface area contributed by atoms with E-state index in [0.717, 1.165) is 11.8 Å². The Bertz CT molecular complexity index is 197. The van der Waals surface area contributed by atoms with Gasteiger partial charge in [0.1, 0.15) is 5.60 Å². The predicted molar refractivity (Wildman–Crippen MR) is 80.7 cm³/mol. The van der Waals surface area contributed by atoms with Crippen molar-refractivity contribution < 1.29 is 11.0 Å². The van der Waals surface area contributed by atoms with E-state index in [1.807, 2.05) is 13.8 Å². The lowest BCUT2D eigenvalue weighted by Crippen LogP contribution is -2.27. The van der Waals surface area contributed by atoms with E-state index in [4.69, 9.17) is 5.73 Å². The second-order valence-corrected chi connectivity index (χ2v) is 5.90. The zero-order chi connectivity index (χ0) is 14.8. The Morgan fingerprint density at radius 3 is 1.44 bits per heavy atom. The van der Waals surface area contributed by atoms with E-state index in [1.54, 1.807) is 20.8 Å². The summed E-state index contributed by atoms with van der Waals surface area (Å²) in [5.74, 6) is 2.04. The summed E-state index contributed by atoms with van der Waals surface area (Å²) in [4.78, 5) is 10.0. The molecule has 0 aromatic rings. The van der Waals surface area contributed by atoms with Crippen molar-refractivity contribution in [1.29, 1.82) is 0 Å². The van der Waals surface area contributed by atoms with Crippen molar-refractivity contribution in [2.45, 2.75) is 79.8 Å². The Balaban J connectivity index is -0.000000228. The molecular weight excluding hydrogens is 226 g/mol. The van der Waals surface area contributed by atoms with E-state index in [-0.39, 0.29) is 1.43 Å². The molecule has 1 amide bonds. The standard InChI is InChI=1S/C8H16.C5H11NO2.C2H6.H2/c1-7-3-5-8(2)6-4-7;1-5(2,3)8-4(6)7;1-2;/h7-8H,3-6H2,1-2H3;1-3H3,(H2,6,7);1-2H3;1H. The number of hydrogen-bond acceptors (Lipinski definition) is 2. The lowest BCUT2D eigenvalue weighted by molar-refractivity contribution is 0.0600. The van der Waals surface area contributed by atoms with E-state index in [9.17, 15) is 4.79 Å². The summed E-state index contributed by atoms with van der Waals surface area (Å²) >= 11 is 0. The SMILES string of the molecule is CC.CC(C)(C)OC(N)=O.CC1CCC(C)CC1.[HH]. The lowest BCUT2D eigenvalue weighted by Gasteiger charge is -2.22. The summed E-state index contributed by atoms with van der Waals surface area (Å²) in [5, 5.41) is 0. The molecule has 0 atom stereocenters. The monoisotopic (exact) mass is 261 g/mol. The Morgan fingerprint density at radius 1 is 1.06 bits per heavy atom. The fraction of sp³-hybridized carbons (Fsp3) is 0.933.